The fourth-order valence-electron chi connectivity index (χ4n) is 3.96. The smallest absolute Gasteiger partial charge is 0.293 e. The van der Waals surface area contributed by atoms with Gasteiger partial charge in [-0.1, -0.05) is 0 Å². The molecule has 0 atom stereocenters. The van der Waals surface area contributed by atoms with Crippen molar-refractivity contribution in [2.24, 2.45) is 0 Å². The lowest BCUT2D eigenvalue weighted by molar-refractivity contribution is -0.384. The van der Waals surface area contributed by atoms with E-state index in [0.717, 1.165) is 25.9 Å². The maximum atomic E-state index is 12.7. The predicted molar refractivity (Wildman–Crippen MR) is 135 cm³/mol. The van der Waals surface area contributed by atoms with Crippen LogP contribution in [0.5, 0.6) is 5.75 Å². The zero-order valence-corrected chi connectivity index (χ0v) is 19.8. The largest absolute Gasteiger partial charge is 0.496 e. The Labute approximate surface area is 206 Å². The molecule has 0 bridgehead atoms. The summed E-state index contributed by atoms with van der Waals surface area (Å²) >= 11 is 5.28. The first-order valence-corrected chi connectivity index (χ1v) is 11.3. The molecule has 1 saturated heterocycles. The number of methoxy groups -OCH3 is 1. The average molecular weight is 497 g/mol. The number of rotatable bonds is 7. The van der Waals surface area contributed by atoms with Gasteiger partial charge in [0.25, 0.3) is 11.6 Å². The minimum atomic E-state index is -0.564. The molecule has 0 aliphatic carbocycles. The monoisotopic (exact) mass is 496 g/mol. The van der Waals surface area contributed by atoms with Crippen LogP contribution in [0.15, 0.2) is 52.9 Å². The molecule has 3 N–H and O–H groups in total. The molecule has 4 rings (SSSR count). The molecule has 0 radical (unpaired) electrons. The van der Waals surface area contributed by atoms with Gasteiger partial charge < -0.3 is 24.5 Å². The molecule has 0 spiro atoms. The molecule has 1 fully saturated rings. The van der Waals surface area contributed by atoms with Gasteiger partial charge in [-0.15, -0.1) is 0 Å². The lowest BCUT2D eigenvalue weighted by Gasteiger charge is -2.18. The Morgan fingerprint density at radius 1 is 1.20 bits per heavy atom. The number of aliphatic hydroxyl groups is 1. The number of nitrogens with zero attached hydrogens (tertiary/aromatic N) is 2. The molecular weight excluding hydrogens is 472 g/mol. The first-order valence-electron chi connectivity index (χ1n) is 10.9. The van der Waals surface area contributed by atoms with E-state index in [0.29, 0.717) is 34.2 Å². The number of thiocarbonyl (C=S) groups is 1. The van der Waals surface area contributed by atoms with Crippen molar-refractivity contribution in [3.8, 4) is 17.1 Å². The molecule has 35 heavy (non-hydrogen) atoms. The second-order valence-electron chi connectivity index (χ2n) is 7.90. The van der Waals surface area contributed by atoms with Gasteiger partial charge in [0.05, 0.1) is 17.6 Å². The maximum absolute atomic E-state index is 12.7. The van der Waals surface area contributed by atoms with Crippen molar-refractivity contribution in [3.05, 3.63) is 70.0 Å². The van der Waals surface area contributed by atoms with Crippen molar-refractivity contribution in [1.82, 2.24) is 5.32 Å². The zero-order chi connectivity index (χ0) is 24.9. The van der Waals surface area contributed by atoms with E-state index in [9.17, 15) is 20.0 Å². The summed E-state index contributed by atoms with van der Waals surface area (Å²) in [6, 6.07) is 13.0. The zero-order valence-electron chi connectivity index (χ0n) is 18.9. The van der Waals surface area contributed by atoms with Crippen molar-refractivity contribution >= 4 is 40.3 Å². The van der Waals surface area contributed by atoms with Gasteiger partial charge in [-0.3, -0.25) is 20.2 Å². The van der Waals surface area contributed by atoms with E-state index in [4.69, 9.17) is 21.4 Å². The van der Waals surface area contributed by atoms with Crippen LogP contribution in [0.3, 0.4) is 0 Å². The van der Waals surface area contributed by atoms with Crippen molar-refractivity contribution in [1.29, 1.82) is 0 Å². The summed E-state index contributed by atoms with van der Waals surface area (Å²) in [6.07, 6.45) is 1.96. The highest BCUT2D eigenvalue weighted by Gasteiger charge is 2.24. The molecule has 2 aromatic carbocycles. The molecule has 2 heterocycles. The number of benzene rings is 2. The standard InChI is InChI=1S/C24H24N4O6S/c1-33-21-8-5-16(13-18(21)22-9-6-17(14-29)34-22)25-24(35)26-23(30)15-4-7-19(20(12-15)28(31)32)27-10-2-3-11-27/h4-9,12-13,29H,2-3,10-11,14H2,1H3,(H2,25,26,30,35). The Hall–Kier alpha value is -3.96. The van der Waals surface area contributed by atoms with E-state index < -0.39 is 10.8 Å². The van der Waals surface area contributed by atoms with E-state index in [1.54, 1.807) is 42.5 Å². The Balaban J connectivity index is 1.48. The van der Waals surface area contributed by atoms with Crippen molar-refractivity contribution in [2.45, 2.75) is 19.4 Å². The summed E-state index contributed by atoms with van der Waals surface area (Å²) in [7, 11) is 1.53. The van der Waals surface area contributed by atoms with Gasteiger partial charge in [0.2, 0.25) is 0 Å². The SMILES string of the molecule is COc1ccc(NC(=S)NC(=O)c2ccc(N3CCCC3)c([N+](=O)[O-])c2)cc1-c1ccc(CO)o1. The van der Waals surface area contributed by atoms with Gasteiger partial charge in [0, 0.05) is 30.4 Å². The number of hydrogen-bond donors (Lipinski definition) is 3. The summed E-state index contributed by atoms with van der Waals surface area (Å²) in [5, 5.41) is 26.4. The molecule has 3 aromatic rings. The van der Waals surface area contributed by atoms with Gasteiger partial charge >= 0.3 is 0 Å². The summed E-state index contributed by atoms with van der Waals surface area (Å²) < 4.78 is 11.0. The van der Waals surface area contributed by atoms with Gasteiger partial charge in [-0.25, -0.2) is 0 Å². The Morgan fingerprint density at radius 3 is 2.63 bits per heavy atom. The maximum Gasteiger partial charge on any atom is 0.293 e. The third-order valence-electron chi connectivity index (χ3n) is 5.65. The Bertz CT molecular complexity index is 1270. The minimum absolute atomic E-state index is 0.0212. The molecule has 1 aromatic heterocycles. The van der Waals surface area contributed by atoms with Crippen molar-refractivity contribution in [3.63, 3.8) is 0 Å². The molecule has 182 valence electrons. The van der Waals surface area contributed by atoms with Crippen LogP contribution in [0.2, 0.25) is 0 Å². The molecule has 1 aliphatic heterocycles. The number of nitro benzene ring substituents is 1. The fourth-order valence-corrected chi connectivity index (χ4v) is 4.17. The summed E-state index contributed by atoms with van der Waals surface area (Å²) in [4.78, 5) is 25.8. The predicted octanol–water partition coefficient (Wildman–Crippen LogP) is 4.08. The number of nitrogens with one attached hydrogen (secondary N) is 2. The second-order valence-corrected chi connectivity index (χ2v) is 8.31. The summed E-state index contributed by atoms with van der Waals surface area (Å²) in [5.41, 5.74) is 1.71. The lowest BCUT2D eigenvalue weighted by Crippen LogP contribution is -2.34. The van der Waals surface area contributed by atoms with Crippen LogP contribution >= 0.6 is 12.2 Å². The highest BCUT2D eigenvalue weighted by atomic mass is 32.1. The number of nitro groups is 1. The van der Waals surface area contributed by atoms with Crippen LogP contribution < -0.4 is 20.3 Å². The summed E-state index contributed by atoms with van der Waals surface area (Å²) in [5.74, 6) is 0.892. The number of ether oxygens (including phenoxy) is 1. The lowest BCUT2D eigenvalue weighted by atomic mass is 10.1. The van der Waals surface area contributed by atoms with E-state index in [2.05, 4.69) is 10.6 Å². The molecule has 0 unspecified atom stereocenters. The number of aliphatic hydroxyl groups excluding tert-OH is 1. The third-order valence-corrected chi connectivity index (χ3v) is 5.85. The Morgan fingerprint density at radius 2 is 1.97 bits per heavy atom. The second kappa shape index (κ2) is 10.5. The highest BCUT2D eigenvalue weighted by molar-refractivity contribution is 7.80. The number of anilines is 2. The van der Waals surface area contributed by atoms with Crippen molar-refractivity contribution < 1.29 is 24.0 Å². The van der Waals surface area contributed by atoms with E-state index in [-0.39, 0.29) is 23.0 Å². The molecular formula is C24H24N4O6S. The van der Waals surface area contributed by atoms with Gasteiger partial charge in [0.15, 0.2) is 5.11 Å². The Kier molecular flexibility index (Phi) is 7.28. The van der Waals surface area contributed by atoms with Crippen molar-refractivity contribution in [2.75, 3.05) is 30.4 Å². The number of amides is 1. The average Bonchev–Trinajstić information content (AvgIpc) is 3.56. The fraction of sp³-hybridized carbons (Fsp3) is 0.250. The van der Waals surface area contributed by atoms with E-state index in [1.165, 1.54) is 13.2 Å². The van der Waals surface area contributed by atoms with Crippen LogP contribution in [0.25, 0.3) is 11.3 Å². The first kappa shape index (κ1) is 24.2. The minimum Gasteiger partial charge on any atom is -0.496 e. The molecule has 1 amide bonds. The number of carbonyl (C=O) groups excluding carboxylic acids is 1. The van der Waals surface area contributed by atoms with Gasteiger partial charge in [-0.2, -0.15) is 0 Å². The first-order chi connectivity index (χ1) is 16.9. The van der Waals surface area contributed by atoms with E-state index in [1.807, 2.05) is 4.90 Å². The number of furan rings is 1. The third kappa shape index (κ3) is 5.42. The van der Waals surface area contributed by atoms with Crippen LogP contribution in [-0.4, -0.2) is 41.2 Å². The normalized spacial score (nSPS) is 12.9. The summed E-state index contributed by atoms with van der Waals surface area (Å²) in [6.45, 7) is 1.28. The topological polar surface area (TPSA) is 130 Å². The van der Waals surface area contributed by atoms with Gasteiger partial charge in [-0.05, 0) is 67.5 Å². The van der Waals surface area contributed by atoms with Crippen LogP contribution in [0, 0.1) is 10.1 Å². The molecule has 11 heteroatoms. The number of hydrogen-bond acceptors (Lipinski definition) is 8. The van der Waals surface area contributed by atoms with Crippen LogP contribution in [-0.2, 0) is 6.61 Å². The van der Waals surface area contributed by atoms with E-state index >= 15 is 0 Å². The number of carbonyl (C=O) groups is 1. The molecule has 1 aliphatic rings. The molecule has 10 nitrogen and oxygen atoms in total. The van der Waals surface area contributed by atoms with Crippen LogP contribution in [0.1, 0.15) is 29.0 Å². The quantitative estimate of drug-likeness (QED) is 0.252. The van der Waals surface area contributed by atoms with Crippen LogP contribution in [0.4, 0.5) is 17.1 Å². The highest BCUT2D eigenvalue weighted by Crippen LogP contribution is 2.34. The van der Waals surface area contributed by atoms with Gasteiger partial charge in [0.1, 0.15) is 29.6 Å². The molecule has 0 saturated carbocycles.